The number of sulfonamides is 1. The van der Waals surface area contributed by atoms with Gasteiger partial charge in [-0.2, -0.15) is 4.31 Å². The van der Waals surface area contributed by atoms with Crippen LogP contribution in [0.3, 0.4) is 0 Å². The molecule has 0 atom stereocenters. The second kappa shape index (κ2) is 5.79. The van der Waals surface area contributed by atoms with Gasteiger partial charge in [-0.1, -0.05) is 30.3 Å². The van der Waals surface area contributed by atoms with Crippen LogP contribution < -0.4 is 0 Å². The molecule has 17 heavy (non-hydrogen) atoms. The zero-order valence-electron chi connectivity index (χ0n) is 9.79. The highest BCUT2D eigenvalue weighted by molar-refractivity contribution is 7.88. The number of carbonyl (C=O) groups excluding carboxylic acids is 1. The number of esters is 1. The van der Waals surface area contributed by atoms with Crippen LogP contribution in [0.2, 0.25) is 0 Å². The number of carbonyl (C=O) groups is 1. The van der Waals surface area contributed by atoms with E-state index < -0.39 is 16.0 Å². The number of methoxy groups -OCH3 is 1. The normalized spacial score (nSPS) is 11.5. The summed E-state index contributed by atoms with van der Waals surface area (Å²) in [5.41, 5.74) is 0.684. The van der Waals surface area contributed by atoms with Gasteiger partial charge >= 0.3 is 5.97 Å². The lowest BCUT2D eigenvalue weighted by atomic mass is 10.2. The van der Waals surface area contributed by atoms with Gasteiger partial charge in [-0.3, -0.25) is 4.79 Å². The first-order valence-corrected chi connectivity index (χ1v) is 6.61. The van der Waals surface area contributed by atoms with Gasteiger partial charge in [-0.05, 0) is 5.56 Å². The fraction of sp³-hybridized carbons (Fsp3) is 0.364. The van der Waals surface area contributed by atoms with Crippen molar-refractivity contribution in [3.05, 3.63) is 35.9 Å². The van der Waals surface area contributed by atoms with Crippen molar-refractivity contribution in [3.63, 3.8) is 0 Å². The largest absolute Gasteiger partial charge is 0.468 e. The molecule has 0 aliphatic heterocycles. The number of benzene rings is 1. The first kappa shape index (κ1) is 13.7. The molecule has 0 spiro atoms. The van der Waals surface area contributed by atoms with Gasteiger partial charge in [0.2, 0.25) is 10.0 Å². The molecule has 6 heteroatoms. The maximum atomic E-state index is 11.9. The summed E-state index contributed by atoms with van der Waals surface area (Å²) in [7, 11) is -0.907. The zero-order valence-corrected chi connectivity index (χ0v) is 10.6. The standard InChI is InChI=1S/C11H15NO4S/c1-12(8-11(13)16-2)17(14,15)9-10-6-4-3-5-7-10/h3-7H,8-9H2,1-2H3. The van der Waals surface area contributed by atoms with Crippen molar-refractivity contribution >= 4 is 16.0 Å². The Morgan fingerprint density at radius 1 is 1.29 bits per heavy atom. The number of hydrogen-bond donors (Lipinski definition) is 0. The monoisotopic (exact) mass is 257 g/mol. The van der Waals surface area contributed by atoms with E-state index in [0.29, 0.717) is 5.56 Å². The Balaban J connectivity index is 2.72. The molecule has 0 heterocycles. The Morgan fingerprint density at radius 2 is 1.88 bits per heavy atom. The summed E-state index contributed by atoms with van der Waals surface area (Å²) in [4.78, 5) is 11.0. The highest BCUT2D eigenvalue weighted by Crippen LogP contribution is 2.08. The van der Waals surface area contributed by atoms with Gasteiger partial charge < -0.3 is 4.74 Å². The third-order valence-electron chi connectivity index (χ3n) is 2.25. The van der Waals surface area contributed by atoms with Crippen LogP contribution in [0, 0.1) is 0 Å². The summed E-state index contributed by atoms with van der Waals surface area (Å²) in [6, 6.07) is 8.80. The van der Waals surface area contributed by atoms with E-state index in [4.69, 9.17) is 0 Å². The maximum absolute atomic E-state index is 11.9. The molecule has 0 radical (unpaired) electrons. The minimum Gasteiger partial charge on any atom is -0.468 e. The summed E-state index contributed by atoms with van der Waals surface area (Å²) in [6.07, 6.45) is 0. The SMILES string of the molecule is COC(=O)CN(C)S(=O)(=O)Cc1ccccc1. The average molecular weight is 257 g/mol. The van der Waals surface area contributed by atoms with E-state index in [1.54, 1.807) is 24.3 Å². The fourth-order valence-corrected chi connectivity index (χ4v) is 2.38. The molecule has 1 aromatic rings. The van der Waals surface area contributed by atoms with E-state index in [0.717, 1.165) is 4.31 Å². The van der Waals surface area contributed by atoms with Crippen molar-refractivity contribution in [1.82, 2.24) is 4.31 Å². The Hall–Kier alpha value is -1.40. The Bertz CT molecular complexity index is 470. The first-order valence-electron chi connectivity index (χ1n) is 5.00. The molecule has 0 bridgehead atoms. The highest BCUT2D eigenvalue weighted by Gasteiger charge is 2.21. The summed E-state index contributed by atoms with van der Waals surface area (Å²) >= 11 is 0. The quantitative estimate of drug-likeness (QED) is 0.725. The van der Waals surface area contributed by atoms with Crippen LogP contribution in [0.15, 0.2) is 30.3 Å². The lowest BCUT2D eigenvalue weighted by Gasteiger charge is -2.15. The van der Waals surface area contributed by atoms with Gasteiger partial charge in [-0.15, -0.1) is 0 Å². The Labute approximate surface area is 101 Å². The van der Waals surface area contributed by atoms with Crippen LogP contribution in [0.5, 0.6) is 0 Å². The third-order valence-corrected chi connectivity index (χ3v) is 4.02. The predicted molar refractivity (Wildman–Crippen MR) is 63.7 cm³/mol. The number of hydrogen-bond acceptors (Lipinski definition) is 4. The molecule has 5 nitrogen and oxygen atoms in total. The van der Waals surface area contributed by atoms with Crippen LogP contribution in [0.25, 0.3) is 0 Å². The summed E-state index contributed by atoms with van der Waals surface area (Å²) in [6.45, 7) is -0.272. The van der Waals surface area contributed by atoms with Gasteiger partial charge in [-0.25, -0.2) is 8.42 Å². The lowest BCUT2D eigenvalue weighted by molar-refractivity contribution is -0.140. The lowest BCUT2D eigenvalue weighted by Crippen LogP contribution is -2.33. The molecule has 0 unspecified atom stereocenters. The number of likely N-dealkylation sites (N-methyl/N-ethyl adjacent to an activating group) is 1. The van der Waals surface area contributed by atoms with E-state index in [2.05, 4.69) is 4.74 Å². The van der Waals surface area contributed by atoms with Gasteiger partial charge in [0.05, 0.1) is 12.9 Å². The van der Waals surface area contributed by atoms with E-state index in [-0.39, 0.29) is 12.3 Å². The van der Waals surface area contributed by atoms with E-state index in [9.17, 15) is 13.2 Å². The highest BCUT2D eigenvalue weighted by atomic mass is 32.2. The van der Waals surface area contributed by atoms with E-state index >= 15 is 0 Å². The molecular formula is C11H15NO4S. The molecule has 1 rings (SSSR count). The predicted octanol–water partition coefficient (Wildman–Crippen LogP) is 0.621. The molecule has 0 saturated carbocycles. The number of rotatable bonds is 5. The molecule has 0 aliphatic carbocycles. The molecular weight excluding hydrogens is 242 g/mol. The van der Waals surface area contributed by atoms with Crippen molar-refractivity contribution in [2.24, 2.45) is 0 Å². The van der Waals surface area contributed by atoms with Crippen molar-refractivity contribution in [2.45, 2.75) is 5.75 Å². The van der Waals surface area contributed by atoms with Gasteiger partial charge in [0.25, 0.3) is 0 Å². The first-order chi connectivity index (χ1) is 7.95. The number of ether oxygens (including phenoxy) is 1. The van der Waals surface area contributed by atoms with Gasteiger partial charge in [0.1, 0.15) is 6.54 Å². The Morgan fingerprint density at radius 3 is 2.41 bits per heavy atom. The van der Waals surface area contributed by atoms with Crippen molar-refractivity contribution < 1.29 is 17.9 Å². The van der Waals surface area contributed by atoms with Crippen molar-refractivity contribution in [2.75, 3.05) is 20.7 Å². The van der Waals surface area contributed by atoms with Crippen LogP contribution in [0.1, 0.15) is 5.56 Å². The second-order valence-corrected chi connectivity index (χ2v) is 5.65. The topological polar surface area (TPSA) is 63.7 Å². The molecule has 0 aliphatic rings. The van der Waals surface area contributed by atoms with Crippen molar-refractivity contribution in [3.8, 4) is 0 Å². The van der Waals surface area contributed by atoms with Gasteiger partial charge in [0.15, 0.2) is 0 Å². The van der Waals surface area contributed by atoms with Crippen LogP contribution in [-0.4, -0.2) is 39.4 Å². The summed E-state index contributed by atoms with van der Waals surface area (Å²) in [5, 5.41) is 0. The smallest absolute Gasteiger partial charge is 0.320 e. The van der Waals surface area contributed by atoms with E-state index in [1.165, 1.54) is 14.2 Å². The van der Waals surface area contributed by atoms with Crippen LogP contribution in [0.4, 0.5) is 0 Å². The molecule has 0 amide bonds. The molecule has 0 fully saturated rings. The molecule has 0 saturated heterocycles. The summed E-state index contributed by atoms with van der Waals surface area (Å²) < 4.78 is 29.2. The Kier molecular flexibility index (Phi) is 4.65. The van der Waals surface area contributed by atoms with E-state index in [1.807, 2.05) is 6.07 Å². The average Bonchev–Trinajstić information content (AvgIpc) is 2.29. The van der Waals surface area contributed by atoms with Gasteiger partial charge in [0, 0.05) is 7.05 Å². The zero-order chi connectivity index (χ0) is 12.9. The fourth-order valence-electron chi connectivity index (χ4n) is 1.24. The minimum absolute atomic E-state index is 0.124. The number of nitrogens with zero attached hydrogens (tertiary/aromatic N) is 1. The van der Waals surface area contributed by atoms with Crippen LogP contribution >= 0.6 is 0 Å². The maximum Gasteiger partial charge on any atom is 0.320 e. The molecule has 0 aromatic heterocycles. The third kappa shape index (κ3) is 4.16. The molecule has 94 valence electrons. The van der Waals surface area contributed by atoms with Crippen LogP contribution in [-0.2, 0) is 25.3 Å². The minimum atomic E-state index is -3.49. The molecule has 0 N–H and O–H groups in total. The molecule has 1 aromatic carbocycles. The second-order valence-electron chi connectivity index (χ2n) is 3.57. The van der Waals surface area contributed by atoms with Crippen molar-refractivity contribution in [1.29, 1.82) is 0 Å². The summed E-state index contributed by atoms with van der Waals surface area (Å²) in [5.74, 6) is -0.703.